The van der Waals surface area contributed by atoms with Gasteiger partial charge in [0.2, 0.25) is 10.0 Å². The lowest BCUT2D eigenvalue weighted by atomic mass is 10.1. The number of carbonyl (C=O) groups is 2. The van der Waals surface area contributed by atoms with Gasteiger partial charge in [0.1, 0.15) is 5.75 Å². The first-order valence-corrected chi connectivity index (χ1v) is 9.82. The van der Waals surface area contributed by atoms with Crippen molar-refractivity contribution in [2.45, 2.75) is 18.7 Å². The zero-order valence-corrected chi connectivity index (χ0v) is 16.8. The molecule has 0 aliphatic carbocycles. The highest BCUT2D eigenvalue weighted by molar-refractivity contribution is 7.89. The molecule has 1 amide bonds. The molecular weight excluding hydrogens is 384 g/mol. The van der Waals surface area contributed by atoms with Gasteiger partial charge >= 0.3 is 5.97 Å². The molecule has 28 heavy (non-hydrogen) atoms. The molecule has 0 saturated carbocycles. The third-order valence-electron chi connectivity index (χ3n) is 4.01. The molecule has 2 rings (SSSR count). The number of methoxy groups -OCH3 is 1. The maximum atomic E-state index is 12.1. The Morgan fingerprint density at radius 1 is 1.04 bits per heavy atom. The number of carbonyl (C=O) groups excluding carboxylic acids is 2. The minimum absolute atomic E-state index is 0.0524. The van der Waals surface area contributed by atoms with E-state index in [4.69, 9.17) is 9.47 Å². The third kappa shape index (κ3) is 5.08. The first-order chi connectivity index (χ1) is 13.2. The second kappa shape index (κ2) is 8.85. The standard InChI is InChI=1S/C19H22N2O6S/c1-12-5-7-14(9-16(12)26-4)19(23)27-11-18(22)21-15-8-6-13(2)17(10-15)28(24,25)20-3/h5-10,20H,11H2,1-4H3,(H,21,22). The summed E-state index contributed by atoms with van der Waals surface area (Å²) in [5.74, 6) is -0.725. The van der Waals surface area contributed by atoms with Crippen LogP contribution in [-0.2, 0) is 19.6 Å². The Hall–Kier alpha value is -2.91. The molecule has 9 heteroatoms. The van der Waals surface area contributed by atoms with E-state index >= 15 is 0 Å². The average molecular weight is 406 g/mol. The number of esters is 1. The van der Waals surface area contributed by atoms with Crippen LogP contribution in [0.2, 0.25) is 0 Å². The van der Waals surface area contributed by atoms with E-state index < -0.39 is 28.5 Å². The van der Waals surface area contributed by atoms with E-state index in [2.05, 4.69) is 10.0 Å². The van der Waals surface area contributed by atoms with Crippen LogP contribution >= 0.6 is 0 Å². The molecule has 0 radical (unpaired) electrons. The maximum Gasteiger partial charge on any atom is 0.338 e. The summed E-state index contributed by atoms with van der Waals surface area (Å²) in [6.07, 6.45) is 0. The number of sulfonamides is 1. The van der Waals surface area contributed by atoms with Gasteiger partial charge in [0.15, 0.2) is 6.61 Å². The minimum Gasteiger partial charge on any atom is -0.496 e. The van der Waals surface area contributed by atoms with Crippen LogP contribution in [0, 0.1) is 13.8 Å². The van der Waals surface area contributed by atoms with Gasteiger partial charge < -0.3 is 14.8 Å². The summed E-state index contributed by atoms with van der Waals surface area (Å²) in [7, 11) is -0.857. The topological polar surface area (TPSA) is 111 Å². The zero-order chi connectivity index (χ0) is 20.9. The Morgan fingerprint density at radius 2 is 1.71 bits per heavy atom. The smallest absolute Gasteiger partial charge is 0.338 e. The molecule has 0 aliphatic heterocycles. The summed E-state index contributed by atoms with van der Waals surface area (Å²) in [5, 5.41) is 2.51. The maximum absolute atomic E-state index is 12.1. The first-order valence-electron chi connectivity index (χ1n) is 8.33. The number of anilines is 1. The summed E-state index contributed by atoms with van der Waals surface area (Å²) in [6.45, 7) is 2.97. The van der Waals surface area contributed by atoms with Gasteiger partial charge in [-0.25, -0.2) is 17.9 Å². The van der Waals surface area contributed by atoms with Crippen LogP contribution in [0.3, 0.4) is 0 Å². The fourth-order valence-corrected chi connectivity index (χ4v) is 3.43. The van der Waals surface area contributed by atoms with E-state index in [1.54, 1.807) is 31.2 Å². The number of amides is 1. The number of aryl methyl sites for hydroxylation is 2. The van der Waals surface area contributed by atoms with Crippen LogP contribution in [0.4, 0.5) is 5.69 Å². The van der Waals surface area contributed by atoms with Gasteiger partial charge in [-0.3, -0.25) is 4.79 Å². The molecule has 150 valence electrons. The van der Waals surface area contributed by atoms with Crippen LogP contribution in [-0.4, -0.2) is 41.1 Å². The predicted octanol–water partition coefficient (Wildman–Crippen LogP) is 2.02. The van der Waals surface area contributed by atoms with Crippen molar-refractivity contribution in [1.82, 2.24) is 4.72 Å². The van der Waals surface area contributed by atoms with Gasteiger partial charge in [0.25, 0.3) is 5.91 Å². The van der Waals surface area contributed by atoms with Crippen LogP contribution in [0.1, 0.15) is 21.5 Å². The van der Waals surface area contributed by atoms with Crippen molar-refractivity contribution >= 4 is 27.6 Å². The van der Waals surface area contributed by atoms with E-state index in [0.717, 1.165) is 5.56 Å². The lowest BCUT2D eigenvalue weighted by molar-refractivity contribution is -0.119. The number of nitrogens with one attached hydrogen (secondary N) is 2. The molecule has 0 fully saturated rings. The van der Waals surface area contributed by atoms with E-state index in [1.165, 1.54) is 26.3 Å². The molecule has 0 atom stereocenters. The van der Waals surface area contributed by atoms with Crippen molar-refractivity contribution < 1.29 is 27.5 Å². The van der Waals surface area contributed by atoms with Crippen molar-refractivity contribution in [3.05, 3.63) is 53.1 Å². The summed E-state index contributed by atoms with van der Waals surface area (Å²) < 4.78 is 36.4. The average Bonchev–Trinajstić information content (AvgIpc) is 2.67. The molecule has 0 spiro atoms. The van der Waals surface area contributed by atoms with Gasteiger partial charge in [0.05, 0.1) is 17.6 Å². The molecule has 0 aromatic heterocycles. The monoisotopic (exact) mass is 406 g/mol. The second-order valence-electron chi connectivity index (χ2n) is 6.00. The van der Waals surface area contributed by atoms with E-state index in [-0.39, 0.29) is 16.1 Å². The van der Waals surface area contributed by atoms with E-state index in [1.807, 2.05) is 6.92 Å². The van der Waals surface area contributed by atoms with Gasteiger partial charge in [-0.2, -0.15) is 0 Å². The first kappa shape index (κ1) is 21.4. The third-order valence-corrected chi connectivity index (χ3v) is 5.56. The Bertz CT molecular complexity index is 1000. The zero-order valence-electron chi connectivity index (χ0n) is 16.0. The molecule has 2 N–H and O–H groups in total. The minimum atomic E-state index is -3.66. The quantitative estimate of drug-likeness (QED) is 0.681. The van der Waals surface area contributed by atoms with Gasteiger partial charge in [-0.05, 0) is 56.3 Å². The second-order valence-corrected chi connectivity index (χ2v) is 7.85. The fraction of sp³-hybridized carbons (Fsp3) is 0.263. The molecule has 0 saturated heterocycles. The van der Waals surface area contributed by atoms with E-state index in [9.17, 15) is 18.0 Å². The summed E-state index contributed by atoms with van der Waals surface area (Å²) in [6, 6.07) is 9.30. The molecule has 0 heterocycles. The highest BCUT2D eigenvalue weighted by Crippen LogP contribution is 2.21. The highest BCUT2D eigenvalue weighted by Gasteiger charge is 2.17. The number of hydrogen-bond acceptors (Lipinski definition) is 6. The van der Waals surface area contributed by atoms with Crippen molar-refractivity contribution in [2.24, 2.45) is 0 Å². The van der Waals surface area contributed by atoms with Crippen molar-refractivity contribution in [3.63, 3.8) is 0 Å². The van der Waals surface area contributed by atoms with Gasteiger partial charge in [-0.1, -0.05) is 12.1 Å². The number of ether oxygens (including phenoxy) is 2. The molecule has 0 unspecified atom stereocenters. The predicted molar refractivity (Wildman–Crippen MR) is 104 cm³/mol. The van der Waals surface area contributed by atoms with Crippen molar-refractivity contribution in [1.29, 1.82) is 0 Å². The fourth-order valence-electron chi connectivity index (χ4n) is 2.44. The van der Waals surface area contributed by atoms with Crippen molar-refractivity contribution in [2.75, 3.05) is 26.1 Å². The molecular formula is C19H22N2O6S. The summed E-state index contributed by atoms with van der Waals surface area (Å²) in [5.41, 5.74) is 1.93. The number of benzene rings is 2. The lowest BCUT2D eigenvalue weighted by Gasteiger charge is -2.11. The van der Waals surface area contributed by atoms with Crippen LogP contribution in [0.25, 0.3) is 0 Å². The Morgan fingerprint density at radius 3 is 2.36 bits per heavy atom. The molecule has 0 bridgehead atoms. The molecule has 0 aliphatic rings. The van der Waals surface area contributed by atoms with Crippen LogP contribution in [0.15, 0.2) is 41.3 Å². The van der Waals surface area contributed by atoms with Crippen molar-refractivity contribution in [3.8, 4) is 5.75 Å². The Kier molecular flexibility index (Phi) is 6.76. The van der Waals surface area contributed by atoms with Gasteiger partial charge in [0, 0.05) is 5.69 Å². The Labute approximate surface area is 163 Å². The van der Waals surface area contributed by atoms with E-state index in [0.29, 0.717) is 11.3 Å². The largest absolute Gasteiger partial charge is 0.496 e. The Balaban J connectivity index is 2.03. The van der Waals surface area contributed by atoms with Crippen LogP contribution in [0.5, 0.6) is 5.75 Å². The summed E-state index contributed by atoms with van der Waals surface area (Å²) >= 11 is 0. The number of rotatable bonds is 7. The summed E-state index contributed by atoms with van der Waals surface area (Å²) in [4.78, 5) is 24.2. The molecule has 2 aromatic carbocycles. The SMILES string of the molecule is CNS(=O)(=O)c1cc(NC(=O)COC(=O)c2ccc(C)c(OC)c2)ccc1C. The van der Waals surface area contributed by atoms with Gasteiger partial charge in [-0.15, -0.1) is 0 Å². The normalized spacial score (nSPS) is 11.0. The number of hydrogen-bond donors (Lipinski definition) is 2. The molecule has 8 nitrogen and oxygen atoms in total. The van der Waals surface area contributed by atoms with Crippen LogP contribution < -0.4 is 14.8 Å². The highest BCUT2D eigenvalue weighted by atomic mass is 32.2. The lowest BCUT2D eigenvalue weighted by Crippen LogP contribution is -2.22. The molecule has 2 aromatic rings.